The second-order valence-corrected chi connectivity index (χ2v) is 4.00. The fourth-order valence-corrected chi connectivity index (χ4v) is 1.52. The van der Waals surface area contributed by atoms with Crippen LogP contribution in [-0.2, 0) is 4.74 Å². The van der Waals surface area contributed by atoms with Gasteiger partial charge in [-0.25, -0.2) is 0 Å². The molecule has 0 aliphatic carbocycles. The monoisotopic (exact) mass is 168 g/mol. The van der Waals surface area contributed by atoms with E-state index < -0.39 is 0 Å². The summed E-state index contributed by atoms with van der Waals surface area (Å²) in [6.45, 7) is 9.75. The first-order valence-electron chi connectivity index (χ1n) is 4.92. The quantitative estimate of drug-likeness (QED) is 0.575. The molecule has 12 heavy (non-hydrogen) atoms. The van der Waals surface area contributed by atoms with E-state index in [1.807, 2.05) is 0 Å². The fraction of sp³-hybridized carbons (Fsp3) is 0.818. The SMILES string of the molecule is CCC(C)C1CC(C)=C(C)CO1. The molecule has 1 heterocycles. The van der Waals surface area contributed by atoms with Gasteiger partial charge in [-0.15, -0.1) is 0 Å². The van der Waals surface area contributed by atoms with Crippen LogP contribution in [0.3, 0.4) is 0 Å². The Morgan fingerprint density at radius 1 is 1.42 bits per heavy atom. The molecule has 0 aromatic heterocycles. The molecule has 0 spiro atoms. The standard InChI is InChI=1S/C11H20O/c1-5-8(2)11-6-9(3)10(4)7-12-11/h8,11H,5-7H2,1-4H3. The van der Waals surface area contributed by atoms with Crippen LogP contribution in [0.2, 0.25) is 0 Å². The zero-order chi connectivity index (χ0) is 9.14. The Balaban J connectivity index is 2.54. The maximum absolute atomic E-state index is 5.76. The molecule has 2 unspecified atom stereocenters. The lowest BCUT2D eigenvalue weighted by Gasteiger charge is -2.29. The Hall–Kier alpha value is -0.300. The molecule has 0 radical (unpaired) electrons. The summed E-state index contributed by atoms with van der Waals surface area (Å²) in [7, 11) is 0. The van der Waals surface area contributed by atoms with E-state index >= 15 is 0 Å². The van der Waals surface area contributed by atoms with Gasteiger partial charge in [0, 0.05) is 0 Å². The summed E-state index contributed by atoms with van der Waals surface area (Å²) in [5.41, 5.74) is 2.96. The summed E-state index contributed by atoms with van der Waals surface area (Å²) in [5, 5.41) is 0. The van der Waals surface area contributed by atoms with Crippen LogP contribution in [0.1, 0.15) is 40.5 Å². The zero-order valence-corrected chi connectivity index (χ0v) is 8.68. The Morgan fingerprint density at radius 3 is 2.58 bits per heavy atom. The lowest BCUT2D eigenvalue weighted by molar-refractivity contribution is 0.0199. The normalized spacial score (nSPS) is 27.5. The highest BCUT2D eigenvalue weighted by Gasteiger charge is 2.21. The van der Waals surface area contributed by atoms with Gasteiger partial charge in [0.2, 0.25) is 0 Å². The molecule has 0 fully saturated rings. The average Bonchev–Trinajstić information content (AvgIpc) is 2.08. The van der Waals surface area contributed by atoms with Gasteiger partial charge < -0.3 is 4.74 Å². The van der Waals surface area contributed by atoms with Gasteiger partial charge >= 0.3 is 0 Å². The van der Waals surface area contributed by atoms with Gasteiger partial charge in [-0.2, -0.15) is 0 Å². The molecular weight excluding hydrogens is 148 g/mol. The molecule has 2 atom stereocenters. The van der Waals surface area contributed by atoms with Crippen molar-refractivity contribution in [3.63, 3.8) is 0 Å². The summed E-state index contributed by atoms with van der Waals surface area (Å²) in [4.78, 5) is 0. The largest absolute Gasteiger partial charge is 0.373 e. The highest BCUT2D eigenvalue weighted by Crippen LogP contribution is 2.25. The predicted molar refractivity (Wildman–Crippen MR) is 52.2 cm³/mol. The van der Waals surface area contributed by atoms with Crippen molar-refractivity contribution in [1.82, 2.24) is 0 Å². The Labute approximate surface area is 75.8 Å². The van der Waals surface area contributed by atoms with Crippen LogP contribution >= 0.6 is 0 Å². The Morgan fingerprint density at radius 2 is 2.08 bits per heavy atom. The summed E-state index contributed by atoms with van der Waals surface area (Å²) < 4.78 is 5.76. The molecule has 0 saturated carbocycles. The van der Waals surface area contributed by atoms with Gasteiger partial charge in [0.15, 0.2) is 0 Å². The van der Waals surface area contributed by atoms with E-state index in [1.165, 1.54) is 17.6 Å². The van der Waals surface area contributed by atoms with Crippen molar-refractivity contribution in [1.29, 1.82) is 0 Å². The summed E-state index contributed by atoms with van der Waals surface area (Å²) in [6.07, 6.45) is 2.83. The van der Waals surface area contributed by atoms with E-state index in [0.29, 0.717) is 12.0 Å². The molecular formula is C11H20O. The molecule has 0 aromatic carbocycles. The van der Waals surface area contributed by atoms with Crippen molar-refractivity contribution in [3.05, 3.63) is 11.1 Å². The van der Waals surface area contributed by atoms with Crippen molar-refractivity contribution in [3.8, 4) is 0 Å². The lowest BCUT2D eigenvalue weighted by atomic mass is 9.92. The molecule has 1 aliphatic heterocycles. The number of hydrogen-bond acceptors (Lipinski definition) is 1. The van der Waals surface area contributed by atoms with Gasteiger partial charge in [-0.3, -0.25) is 0 Å². The van der Waals surface area contributed by atoms with Gasteiger partial charge in [-0.05, 0) is 31.8 Å². The van der Waals surface area contributed by atoms with E-state index in [0.717, 1.165) is 13.0 Å². The van der Waals surface area contributed by atoms with Crippen molar-refractivity contribution < 1.29 is 4.74 Å². The van der Waals surface area contributed by atoms with Crippen LogP contribution < -0.4 is 0 Å². The number of rotatable bonds is 2. The molecule has 0 bridgehead atoms. The molecule has 1 nitrogen and oxygen atoms in total. The average molecular weight is 168 g/mol. The lowest BCUT2D eigenvalue weighted by Crippen LogP contribution is -2.26. The highest BCUT2D eigenvalue weighted by atomic mass is 16.5. The minimum absolute atomic E-state index is 0.471. The first-order chi connectivity index (χ1) is 5.65. The minimum atomic E-state index is 0.471. The Kier molecular flexibility index (Phi) is 3.33. The van der Waals surface area contributed by atoms with Crippen molar-refractivity contribution in [2.45, 2.75) is 46.6 Å². The summed E-state index contributed by atoms with van der Waals surface area (Å²) in [5.74, 6) is 0.702. The minimum Gasteiger partial charge on any atom is -0.373 e. The van der Waals surface area contributed by atoms with E-state index in [9.17, 15) is 0 Å². The molecule has 1 heteroatoms. The van der Waals surface area contributed by atoms with Gasteiger partial charge in [0.25, 0.3) is 0 Å². The van der Waals surface area contributed by atoms with Crippen LogP contribution in [0.15, 0.2) is 11.1 Å². The van der Waals surface area contributed by atoms with Crippen LogP contribution in [-0.4, -0.2) is 12.7 Å². The molecule has 1 rings (SSSR count). The molecule has 0 amide bonds. The smallest absolute Gasteiger partial charge is 0.0680 e. The highest BCUT2D eigenvalue weighted by molar-refractivity contribution is 5.13. The third-order valence-electron chi connectivity index (χ3n) is 3.03. The Bertz CT molecular complexity index is 181. The van der Waals surface area contributed by atoms with Crippen LogP contribution in [0.4, 0.5) is 0 Å². The predicted octanol–water partition coefficient (Wildman–Crippen LogP) is 3.16. The van der Waals surface area contributed by atoms with Crippen molar-refractivity contribution >= 4 is 0 Å². The molecule has 0 aromatic rings. The summed E-state index contributed by atoms with van der Waals surface area (Å²) >= 11 is 0. The molecule has 70 valence electrons. The fourth-order valence-electron chi connectivity index (χ4n) is 1.52. The zero-order valence-electron chi connectivity index (χ0n) is 8.68. The van der Waals surface area contributed by atoms with Crippen molar-refractivity contribution in [2.24, 2.45) is 5.92 Å². The maximum Gasteiger partial charge on any atom is 0.0680 e. The van der Waals surface area contributed by atoms with Crippen LogP contribution in [0, 0.1) is 5.92 Å². The maximum atomic E-state index is 5.76. The molecule has 0 saturated heterocycles. The molecule has 0 N–H and O–H groups in total. The van der Waals surface area contributed by atoms with Gasteiger partial charge in [0.1, 0.15) is 0 Å². The molecule has 1 aliphatic rings. The van der Waals surface area contributed by atoms with E-state index in [2.05, 4.69) is 27.7 Å². The second kappa shape index (κ2) is 4.08. The van der Waals surface area contributed by atoms with Crippen molar-refractivity contribution in [2.75, 3.05) is 6.61 Å². The first kappa shape index (κ1) is 9.79. The van der Waals surface area contributed by atoms with Crippen LogP contribution in [0.25, 0.3) is 0 Å². The third kappa shape index (κ3) is 2.10. The summed E-state index contributed by atoms with van der Waals surface area (Å²) in [6, 6.07) is 0. The first-order valence-corrected chi connectivity index (χ1v) is 4.92. The van der Waals surface area contributed by atoms with Gasteiger partial charge in [0.05, 0.1) is 12.7 Å². The van der Waals surface area contributed by atoms with E-state index in [4.69, 9.17) is 4.74 Å². The topological polar surface area (TPSA) is 9.23 Å². The number of ether oxygens (including phenoxy) is 1. The van der Waals surface area contributed by atoms with E-state index in [-0.39, 0.29) is 0 Å². The third-order valence-corrected chi connectivity index (χ3v) is 3.03. The second-order valence-electron chi connectivity index (χ2n) is 4.00. The van der Waals surface area contributed by atoms with E-state index in [1.54, 1.807) is 0 Å². The van der Waals surface area contributed by atoms with Crippen LogP contribution in [0.5, 0.6) is 0 Å². The van der Waals surface area contributed by atoms with Gasteiger partial charge in [-0.1, -0.05) is 25.8 Å². The number of hydrogen-bond donors (Lipinski definition) is 0.